The van der Waals surface area contributed by atoms with E-state index in [1.165, 1.54) is 6.07 Å². The number of imide groups is 1. The van der Waals surface area contributed by atoms with Gasteiger partial charge in [0.2, 0.25) is 17.7 Å². The third-order valence-corrected chi connectivity index (χ3v) is 5.80. The molecule has 0 saturated carbocycles. The highest BCUT2D eigenvalue weighted by molar-refractivity contribution is 6.31. The minimum absolute atomic E-state index is 0.000151. The van der Waals surface area contributed by atoms with Gasteiger partial charge < -0.3 is 5.32 Å². The molecule has 1 fully saturated rings. The molecule has 1 aromatic carbocycles. The molecule has 33 heavy (non-hydrogen) atoms. The summed E-state index contributed by atoms with van der Waals surface area (Å²) in [6.07, 6.45) is 2.28. The van der Waals surface area contributed by atoms with E-state index < -0.39 is 46.5 Å². The second-order valence-electron chi connectivity index (χ2n) is 8.46. The highest BCUT2D eigenvalue weighted by Crippen LogP contribution is 2.34. The second-order valence-corrected chi connectivity index (χ2v) is 8.87. The van der Waals surface area contributed by atoms with E-state index in [1.54, 1.807) is 13.8 Å². The average molecular weight is 483 g/mol. The van der Waals surface area contributed by atoms with Gasteiger partial charge in [-0.3, -0.25) is 29.7 Å². The number of aromatic nitrogens is 2. The largest absolute Gasteiger partial charge is 0.351 e. The van der Waals surface area contributed by atoms with E-state index in [4.69, 9.17) is 11.6 Å². The molecule has 1 aliphatic heterocycles. The Labute approximate surface area is 193 Å². The Morgan fingerprint density at radius 2 is 1.82 bits per heavy atom. The summed E-state index contributed by atoms with van der Waals surface area (Å²) in [6.45, 7) is 3.73. The normalized spacial score (nSPS) is 17.0. The Hall–Kier alpha value is -3.01. The van der Waals surface area contributed by atoms with Gasteiger partial charge in [0.05, 0.1) is 29.4 Å². The molecule has 0 radical (unpaired) electrons. The van der Waals surface area contributed by atoms with Gasteiger partial charge >= 0.3 is 0 Å². The van der Waals surface area contributed by atoms with E-state index in [-0.39, 0.29) is 35.7 Å². The number of alkyl halides is 2. The third kappa shape index (κ3) is 5.32. The number of carbonyl (C=O) groups excluding carboxylic acids is 3. The van der Waals surface area contributed by atoms with Gasteiger partial charge in [0.25, 0.3) is 5.92 Å². The molecule has 0 spiro atoms. The highest BCUT2D eigenvalue weighted by atomic mass is 35.5. The van der Waals surface area contributed by atoms with Crippen LogP contribution in [0.15, 0.2) is 24.5 Å². The lowest BCUT2D eigenvalue weighted by Gasteiger charge is -2.24. The lowest BCUT2D eigenvalue weighted by Crippen LogP contribution is -2.40. The SMILES string of the molecule is CC(F)(F)c1cnc(C(C)(C)C(=O)NCc2cc(F)c(C3CCC(=O)NC3=O)c(Cl)c2)cn1. The Morgan fingerprint density at radius 1 is 1.18 bits per heavy atom. The first-order valence-electron chi connectivity index (χ1n) is 10.1. The molecular formula is C22H22ClF3N4O3. The number of nitrogens with one attached hydrogen (secondary N) is 2. The molecule has 2 aromatic rings. The van der Waals surface area contributed by atoms with Crippen LogP contribution < -0.4 is 10.6 Å². The van der Waals surface area contributed by atoms with Crippen molar-refractivity contribution in [2.45, 2.75) is 57.4 Å². The summed E-state index contributed by atoms with van der Waals surface area (Å²) >= 11 is 6.23. The van der Waals surface area contributed by atoms with Gasteiger partial charge in [0, 0.05) is 30.5 Å². The molecule has 1 atom stereocenters. The quantitative estimate of drug-likeness (QED) is 0.614. The standard InChI is InChI=1S/C22H22ClF3N4O3/c1-21(2,15-9-28-16(10-27-15)22(3,25)26)20(33)29-8-11-6-13(23)18(14(24)7-11)12-4-5-17(31)30-19(12)32/h6-7,9-10,12H,4-5,8H2,1-3H3,(H,29,33)(H,30,31,32). The Morgan fingerprint density at radius 3 is 2.36 bits per heavy atom. The molecule has 2 heterocycles. The first-order chi connectivity index (χ1) is 15.3. The van der Waals surface area contributed by atoms with Crippen LogP contribution in [0.4, 0.5) is 13.2 Å². The van der Waals surface area contributed by atoms with Crippen LogP contribution in [0.25, 0.3) is 0 Å². The van der Waals surface area contributed by atoms with Crippen LogP contribution in [0.5, 0.6) is 0 Å². The molecule has 1 aliphatic rings. The molecular weight excluding hydrogens is 461 g/mol. The fourth-order valence-electron chi connectivity index (χ4n) is 3.44. The number of piperidine rings is 1. The van der Waals surface area contributed by atoms with Crippen molar-refractivity contribution in [2.24, 2.45) is 0 Å². The molecule has 2 N–H and O–H groups in total. The van der Waals surface area contributed by atoms with Crippen LogP contribution in [-0.2, 0) is 32.3 Å². The number of rotatable bonds is 6. The number of nitrogens with zero attached hydrogens (tertiary/aromatic N) is 2. The highest BCUT2D eigenvalue weighted by Gasteiger charge is 2.34. The monoisotopic (exact) mass is 482 g/mol. The third-order valence-electron chi connectivity index (χ3n) is 5.49. The maximum Gasteiger partial charge on any atom is 0.288 e. The van der Waals surface area contributed by atoms with Crippen molar-refractivity contribution in [1.82, 2.24) is 20.6 Å². The summed E-state index contributed by atoms with van der Waals surface area (Å²) in [5.41, 5.74) is -1.18. The van der Waals surface area contributed by atoms with Gasteiger partial charge in [-0.25, -0.2) is 4.39 Å². The second kappa shape index (κ2) is 9.09. The molecule has 1 aromatic heterocycles. The predicted molar refractivity (Wildman–Crippen MR) is 113 cm³/mol. The summed E-state index contributed by atoms with van der Waals surface area (Å²) < 4.78 is 41.5. The van der Waals surface area contributed by atoms with Gasteiger partial charge in [-0.15, -0.1) is 0 Å². The molecule has 3 amide bonds. The number of hydrogen-bond acceptors (Lipinski definition) is 5. The summed E-state index contributed by atoms with van der Waals surface area (Å²) in [5.74, 6) is -6.27. The van der Waals surface area contributed by atoms with E-state index in [1.807, 2.05) is 0 Å². The van der Waals surface area contributed by atoms with Crippen molar-refractivity contribution < 1.29 is 27.6 Å². The summed E-state index contributed by atoms with van der Waals surface area (Å²) in [6, 6.07) is 2.60. The predicted octanol–water partition coefficient (Wildman–Crippen LogP) is 3.50. The Kier molecular flexibility index (Phi) is 6.78. The lowest BCUT2D eigenvalue weighted by atomic mass is 9.88. The topological polar surface area (TPSA) is 101 Å². The molecule has 0 bridgehead atoms. The van der Waals surface area contributed by atoms with Crippen LogP contribution in [0.3, 0.4) is 0 Å². The summed E-state index contributed by atoms with van der Waals surface area (Å²) in [7, 11) is 0. The van der Waals surface area contributed by atoms with Crippen molar-refractivity contribution >= 4 is 29.3 Å². The molecule has 0 aliphatic carbocycles. The zero-order valence-electron chi connectivity index (χ0n) is 18.1. The fraction of sp³-hybridized carbons (Fsp3) is 0.409. The first kappa shape index (κ1) is 24.6. The maximum absolute atomic E-state index is 14.8. The van der Waals surface area contributed by atoms with E-state index in [2.05, 4.69) is 20.6 Å². The molecule has 176 valence electrons. The molecule has 1 unspecified atom stereocenters. The van der Waals surface area contributed by atoms with Gasteiger partial charge in [-0.1, -0.05) is 11.6 Å². The zero-order valence-corrected chi connectivity index (χ0v) is 18.9. The smallest absolute Gasteiger partial charge is 0.288 e. The number of halogens is 4. The minimum Gasteiger partial charge on any atom is -0.351 e. The summed E-state index contributed by atoms with van der Waals surface area (Å²) in [4.78, 5) is 43.8. The van der Waals surface area contributed by atoms with E-state index >= 15 is 0 Å². The summed E-state index contributed by atoms with van der Waals surface area (Å²) in [5, 5.41) is 4.82. The van der Waals surface area contributed by atoms with Gasteiger partial charge in [0.15, 0.2) is 0 Å². The van der Waals surface area contributed by atoms with Crippen molar-refractivity contribution in [3.63, 3.8) is 0 Å². The lowest BCUT2D eigenvalue weighted by molar-refractivity contribution is -0.134. The average Bonchev–Trinajstić information content (AvgIpc) is 2.72. The number of carbonyl (C=O) groups is 3. The maximum atomic E-state index is 14.8. The fourth-order valence-corrected chi connectivity index (χ4v) is 3.80. The number of hydrogen-bond donors (Lipinski definition) is 2. The van der Waals surface area contributed by atoms with Crippen molar-refractivity contribution in [1.29, 1.82) is 0 Å². The first-order valence-corrected chi connectivity index (χ1v) is 10.5. The zero-order chi connectivity index (χ0) is 24.6. The molecule has 3 rings (SSSR count). The number of benzene rings is 1. The van der Waals surface area contributed by atoms with Crippen LogP contribution in [0.1, 0.15) is 62.0 Å². The van der Waals surface area contributed by atoms with Gasteiger partial charge in [0.1, 0.15) is 11.5 Å². The van der Waals surface area contributed by atoms with Crippen LogP contribution >= 0.6 is 11.6 Å². The minimum atomic E-state index is -3.15. The van der Waals surface area contributed by atoms with E-state index in [9.17, 15) is 27.6 Å². The van der Waals surface area contributed by atoms with Crippen molar-refractivity contribution in [3.8, 4) is 0 Å². The number of amides is 3. The van der Waals surface area contributed by atoms with Crippen LogP contribution in [0.2, 0.25) is 5.02 Å². The van der Waals surface area contributed by atoms with Crippen molar-refractivity contribution in [3.05, 3.63) is 57.9 Å². The van der Waals surface area contributed by atoms with E-state index in [0.29, 0.717) is 12.5 Å². The van der Waals surface area contributed by atoms with Crippen molar-refractivity contribution in [2.75, 3.05) is 0 Å². The molecule has 1 saturated heterocycles. The van der Waals surface area contributed by atoms with Crippen LogP contribution in [0, 0.1) is 5.82 Å². The Bertz CT molecular complexity index is 1080. The molecule has 7 nitrogen and oxygen atoms in total. The van der Waals surface area contributed by atoms with Gasteiger partial charge in [-0.05, 0) is 38.0 Å². The van der Waals surface area contributed by atoms with Gasteiger partial charge in [-0.2, -0.15) is 8.78 Å². The molecule has 11 heteroatoms. The Balaban J connectivity index is 1.72. The van der Waals surface area contributed by atoms with Crippen LogP contribution in [-0.4, -0.2) is 27.7 Å². The van der Waals surface area contributed by atoms with E-state index in [0.717, 1.165) is 18.5 Å².